The molecule has 1 amide bonds. The molecule has 2 aromatic heterocycles. The van der Waals surface area contributed by atoms with Gasteiger partial charge in [0.25, 0.3) is 5.91 Å². The number of fused-ring (bicyclic) bond motifs is 2. The van der Waals surface area contributed by atoms with Gasteiger partial charge in [-0.15, -0.1) is 11.3 Å². The average molecular weight is 394 g/mol. The fourth-order valence-electron chi connectivity index (χ4n) is 4.54. The van der Waals surface area contributed by atoms with Crippen LogP contribution >= 0.6 is 11.3 Å². The molecule has 3 atom stereocenters. The number of amides is 1. The number of pyridine rings is 1. The van der Waals surface area contributed by atoms with Crippen LogP contribution in [0.1, 0.15) is 28.8 Å². The lowest BCUT2D eigenvalue weighted by atomic mass is 9.98. The second-order valence-electron chi connectivity index (χ2n) is 7.81. The van der Waals surface area contributed by atoms with Gasteiger partial charge in [-0.2, -0.15) is 0 Å². The lowest BCUT2D eigenvalue weighted by Gasteiger charge is -2.19. The molecule has 0 radical (unpaired) electrons. The van der Waals surface area contributed by atoms with E-state index in [2.05, 4.69) is 4.98 Å². The Bertz CT molecular complexity index is 1000. The molecule has 28 heavy (non-hydrogen) atoms. The number of nitrogens with zero attached hydrogens (tertiary/aromatic N) is 2. The van der Waals surface area contributed by atoms with Crippen molar-refractivity contribution in [3.05, 3.63) is 59.1 Å². The van der Waals surface area contributed by atoms with Crippen molar-refractivity contribution in [1.82, 2.24) is 9.88 Å². The van der Waals surface area contributed by atoms with E-state index < -0.39 is 0 Å². The minimum atomic E-state index is 0.114. The van der Waals surface area contributed by atoms with Crippen LogP contribution in [0.2, 0.25) is 0 Å². The molecule has 6 heteroatoms. The zero-order valence-corrected chi connectivity index (χ0v) is 16.4. The van der Waals surface area contributed by atoms with Gasteiger partial charge < -0.3 is 15.4 Å². The van der Waals surface area contributed by atoms with Crippen molar-refractivity contribution in [3.8, 4) is 5.75 Å². The van der Waals surface area contributed by atoms with Crippen molar-refractivity contribution < 1.29 is 9.53 Å². The second-order valence-corrected chi connectivity index (χ2v) is 8.70. The number of rotatable bonds is 4. The van der Waals surface area contributed by atoms with Crippen LogP contribution in [-0.4, -0.2) is 34.9 Å². The molecule has 3 aromatic rings. The van der Waals surface area contributed by atoms with Crippen LogP contribution in [-0.2, 0) is 6.61 Å². The maximum Gasteiger partial charge on any atom is 0.253 e. The predicted octanol–water partition coefficient (Wildman–Crippen LogP) is 3.68. The van der Waals surface area contributed by atoms with Gasteiger partial charge in [0.05, 0.1) is 5.39 Å². The lowest BCUT2D eigenvalue weighted by Crippen LogP contribution is -2.33. The molecule has 2 N–H and O–H groups in total. The molecule has 1 saturated heterocycles. The topological polar surface area (TPSA) is 68.5 Å². The number of likely N-dealkylation sites (tertiary alicyclic amines) is 1. The molecule has 1 aliphatic carbocycles. The summed E-state index contributed by atoms with van der Waals surface area (Å²) < 4.78 is 5.98. The third-order valence-corrected chi connectivity index (χ3v) is 6.94. The number of aromatic nitrogens is 1. The van der Waals surface area contributed by atoms with E-state index in [1.807, 2.05) is 46.7 Å². The second kappa shape index (κ2) is 7.18. The summed E-state index contributed by atoms with van der Waals surface area (Å²) >= 11 is 1.61. The van der Waals surface area contributed by atoms with E-state index in [0.717, 1.165) is 53.0 Å². The van der Waals surface area contributed by atoms with E-state index in [0.29, 0.717) is 18.4 Å². The molecule has 5 nitrogen and oxygen atoms in total. The molecule has 2 fully saturated rings. The molecule has 2 aliphatic rings. The molecule has 1 aliphatic heterocycles. The number of hydrogen-bond acceptors (Lipinski definition) is 5. The van der Waals surface area contributed by atoms with Gasteiger partial charge in [-0.05, 0) is 59.9 Å². The van der Waals surface area contributed by atoms with Crippen LogP contribution in [0.25, 0.3) is 10.2 Å². The Morgan fingerprint density at radius 3 is 2.86 bits per heavy atom. The van der Waals surface area contributed by atoms with Crippen LogP contribution < -0.4 is 10.5 Å². The van der Waals surface area contributed by atoms with Gasteiger partial charge in [0.1, 0.15) is 17.2 Å². The first-order valence-corrected chi connectivity index (χ1v) is 10.7. The van der Waals surface area contributed by atoms with E-state index >= 15 is 0 Å². The Labute approximate surface area is 168 Å². The number of carbonyl (C=O) groups is 1. The molecule has 5 rings (SSSR count). The molecule has 3 unspecified atom stereocenters. The molecule has 144 valence electrons. The third-order valence-electron chi connectivity index (χ3n) is 6.12. The third kappa shape index (κ3) is 3.16. The average Bonchev–Trinajstić information content (AvgIpc) is 3.44. The molecular formula is C22H23N3O2S. The Kier molecular flexibility index (Phi) is 4.53. The summed E-state index contributed by atoms with van der Waals surface area (Å²) in [5.41, 5.74) is 7.97. The standard InChI is InChI=1S/C22H23N3O2S/c23-19-6-5-16-11-25(12-18(16)19)22(26)15-3-1-14(2-4-15)13-27-20-7-9-24-21-17(20)8-10-28-21/h1-4,7-10,16,18-19H,5-6,11-13,23H2. The summed E-state index contributed by atoms with van der Waals surface area (Å²) in [4.78, 5) is 20.1. The zero-order chi connectivity index (χ0) is 19.1. The quantitative estimate of drug-likeness (QED) is 0.734. The smallest absolute Gasteiger partial charge is 0.253 e. The highest BCUT2D eigenvalue weighted by atomic mass is 32.1. The van der Waals surface area contributed by atoms with Crippen molar-refractivity contribution in [2.45, 2.75) is 25.5 Å². The van der Waals surface area contributed by atoms with E-state index in [1.54, 1.807) is 17.5 Å². The fourth-order valence-corrected chi connectivity index (χ4v) is 5.29. The first-order chi connectivity index (χ1) is 13.7. The Morgan fingerprint density at radius 1 is 1.18 bits per heavy atom. The first kappa shape index (κ1) is 17.6. The first-order valence-electron chi connectivity index (χ1n) is 9.78. The fraction of sp³-hybridized carbons (Fsp3) is 0.364. The maximum atomic E-state index is 12.8. The van der Waals surface area contributed by atoms with Gasteiger partial charge in [-0.1, -0.05) is 12.1 Å². The molecule has 3 heterocycles. The normalized spacial score (nSPS) is 23.9. The largest absolute Gasteiger partial charge is 0.488 e. The number of ether oxygens (including phenoxy) is 1. The van der Waals surface area contributed by atoms with Gasteiger partial charge >= 0.3 is 0 Å². The monoisotopic (exact) mass is 393 g/mol. The number of thiophene rings is 1. The van der Waals surface area contributed by atoms with Crippen molar-refractivity contribution >= 4 is 27.5 Å². The van der Waals surface area contributed by atoms with Crippen LogP contribution in [0.15, 0.2) is 48.0 Å². The van der Waals surface area contributed by atoms with Crippen molar-refractivity contribution in [2.75, 3.05) is 13.1 Å². The number of carbonyl (C=O) groups excluding carboxylic acids is 1. The van der Waals surface area contributed by atoms with Gasteiger partial charge in [-0.25, -0.2) is 4.98 Å². The van der Waals surface area contributed by atoms with Gasteiger partial charge in [0.2, 0.25) is 0 Å². The van der Waals surface area contributed by atoms with E-state index in [-0.39, 0.29) is 11.9 Å². The number of hydrogen-bond donors (Lipinski definition) is 1. The Morgan fingerprint density at radius 2 is 2.04 bits per heavy atom. The van der Waals surface area contributed by atoms with E-state index in [1.165, 1.54) is 0 Å². The summed E-state index contributed by atoms with van der Waals surface area (Å²) in [6.45, 7) is 2.11. The highest BCUT2D eigenvalue weighted by Crippen LogP contribution is 2.37. The minimum Gasteiger partial charge on any atom is -0.488 e. The molecule has 0 spiro atoms. The van der Waals surface area contributed by atoms with Gasteiger partial charge in [-0.3, -0.25) is 4.79 Å². The molecule has 1 aromatic carbocycles. The summed E-state index contributed by atoms with van der Waals surface area (Å²) in [6, 6.07) is 11.9. The van der Waals surface area contributed by atoms with Gasteiger partial charge in [0, 0.05) is 30.9 Å². The van der Waals surface area contributed by atoms with Crippen LogP contribution in [0.5, 0.6) is 5.75 Å². The van der Waals surface area contributed by atoms with Crippen molar-refractivity contribution in [2.24, 2.45) is 17.6 Å². The van der Waals surface area contributed by atoms with Crippen LogP contribution in [0.4, 0.5) is 0 Å². The predicted molar refractivity (Wildman–Crippen MR) is 110 cm³/mol. The summed E-state index contributed by atoms with van der Waals surface area (Å²) in [5.74, 6) is 2.02. The maximum absolute atomic E-state index is 12.8. The van der Waals surface area contributed by atoms with Crippen molar-refractivity contribution in [1.29, 1.82) is 0 Å². The summed E-state index contributed by atoms with van der Waals surface area (Å²) in [5, 5.41) is 3.06. The number of benzene rings is 1. The lowest BCUT2D eigenvalue weighted by molar-refractivity contribution is 0.0779. The summed E-state index contributed by atoms with van der Waals surface area (Å²) in [7, 11) is 0. The van der Waals surface area contributed by atoms with E-state index in [9.17, 15) is 4.79 Å². The highest BCUT2D eigenvalue weighted by molar-refractivity contribution is 7.16. The highest BCUT2D eigenvalue weighted by Gasteiger charge is 2.42. The Hall–Kier alpha value is -2.44. The molecule has 1 saturated carbocycles. The van der Waals surface area contributed by atoms with E-state index in [4.69, 9.17) is 10.5 Å². The zero-order valence-electron chi connectivity index (χ0n) is 15.6. The van der Waals surface area contributed by atoms with Crippen LogP contribution in [0.3, 0.4) is 0 Å². The molecular weight excluding hydrogens is 370 g/mol. The number of nitrogens with two attached hydrogens (primary N) is 1. The Balaban J connectivity index is 1.23. The minimum absolute atomic E-state index is 0.114. The van der Waals surface area contributed by atoms with Crippen LogP contribution in [0, 0.1) is 11.8 Å². The SMILES string of the molecule is NC1CCC2CN(C(=O)c3ccc(COc4ccnc5sccc45)cc3)CC12. The van der Waals surface area contributed by atoms with Crippen molar-refractivity contribution in [3.63, 3.8) is 0 Å². The summed E-state index contributed by atoms with van der Waals surface area (Å²) in [6.07, 6.45) is 4.02. The van der Waals surface area contributed by atoms with Gasteiger partial charge in [0.15, 0.2) is 0 Å². The molecule has 0 bridgehead atoms.